The summed E-state index contributed by atoms with van der Waals surface area (Å²) in [7, 11) is 2.01. The van der Waals surface area contributed by atoms with Crippen LogP contribution in [0.15, 0.2) is 78.1 Å². The van der Waals surface area contributed by atoms with Gasteiger partial charge >= 0.3 is 0 Å². The molecule has 1 N–H and O–H groups in total. The monoisotopic (exact) mass is 569 g/mol. The van der Waals surface area contributed by atoms with Crippen LogP contribution in [-0.2, 0) is 12.6 Å². The fraction of sp³-hybridized carbons (Fsp3) is 0.281. The van der Waals surface area contributed by atoms with Crippen molar-refractivity contribution in [1.82, 2.24) is 24.4 Å². The summed E-state index contributed by atoms with van der Waals surface area (Å²) in [5, 5.41) is 6.19. The van der Waals surface area contributed by atoms with Crippen LogP contribution in [-0.4, -0.2) is 25.1 Å². The van der Waals surface area contributed by atoms with Crippen LogP contribution in [0.2, 0.25) is 10.0 Å². The van der Waals surface area contributed by atoms with Crippen molar-refractivity contribution in [1.29, 1.82) is 0 Å². The largest absolute Gasteiger partial charge is 0.335 e. The number of halogens is 2. The van der Waals surface area contributed by atoms with E-state index in [0.717, 1.165) is 70.2 Å². The van der Waals surface area contributed by atoms with Crippen molar-refractivity contribution < 1.29 is 0 Å². The molecule has 1 unspecified atom stereocenters. The van der Waals surface area contributed by atoms with E-state index in [0.29, 0.717) is 16.1 Å². The van der Waals surface area contributed by atoms with Crippen LogP contribution in [0.3, 0.4) is 0 Å². The van der Waals surface area contributed by atoms with Gasteiger partial charge in [0.2, 0.25) is 0 Å². The Morgan fingerprint density at radius 3 is 2.45 bits per heavy atom. The molecule has 202 valence electrons. The molecule has 8 heteroatoms. The number of fused-ring (bicyclic) bond motifs is 1. The first-order chi connectivity index (χ1) is 19.4. The van der Waals surface area contributed by atoms with Gasteiger partial charge in [0, 0.05) is 41.3 Å². The van der Waals surface area contributed by atoms with Crippen LogP contribution in [0.1, 0.15) is 54.2 Å². The Bertz CT molecular complexity index is 1820. The van der Waals surface area contributed by atoms with Crippen molar-refractivity contribution in [2.45, 2.75) is 50.2 Å². The highest BCUT2D eigenvalue weighted by molar-refractivity contribution is 6.31. The zero-order valence-corrected chi connectivity index (χ0v) is 23.9. The molecule has 0 spiro atoms. The van der Waals surface area contributed by atoms with Gasteiger partial charge < -0.3 is 9.13 Å². The van der Waals surface area contributed by atoms with E-state index < -0.39 is 5.54 Å². The van der Waals surface area contributed by atoms with Crippen molar-refractivity contribution in [3.8, 4) is 11.1 Å². The average molecular weight is 571 g/mol. The van der Waals surface area contributed by atoms with Crippen molar-refractivity contribution in [2.75, 3.05) is 0 Å². The van der Waals surface area contributed by atoms with Gasteiger partial charge in [0.1, 0.15) is 5.54 Å². The second-order valence-electron chi connectivity index (χ2n) is 11.1. The number of nitrogens with zero attached hydrogens (tertiary/aromatic N) is 4. The highest BCUT2D eigenvalue weighted by Gasteiger charge is 2.44. The molecule has 2 aromatic carbocycles. The number of pyridine rings is 2. The maximum absolute atomic E-state index is 13.7. The summed E-state index contributed by atoms with van der Waals surface area (Å²) in [6, 6.07) is 18.7. The summed E-state index contributed by atoms with van der Waals surface area (Å²) in [6.07, 6.45) is 9.65. The zero-order chi connectivity index (χ0) is 27.6. The molecule has 2 aliphatic carbocycles. The van der Waals surface area contributed by atoms with Crippen LogP contribution in [0.25, 0.3) is 22.0 Å². The number of imidazole rings is 1. The lowest BCUT2D eigenvalue weighted by Gasteiger charge is -2.36. The molecule has 2 fully saturated rings. The van der Waals surface area contributed by atoms with E-state index >= 15 is 0 Å². The molecule has 7 rings (SSSR count). The quantitative estimate of drug-likeness (QED) is 0.234. The summed E-state index contributed by atoms with van der Waals surface area (Å²) in [4.78, 5) is 23.1. The number of nitrogens with one attached hydrogen (secondary N) is 1. The Labute approximate surface area is 242 Å². The summed E-state index contributed by atoms with van der Waals surface area (Å²) < 4.78 is 4.03. The molecule has 5 aromatic rings. The summed E-state index contributed by atoms with van der Waals surface area (Å²) >= 11 is 12.8. The van der Waals surface area contributed by atoms with Crippen LogP contribution >= 0.6 is 23.2 Å². The minimum atomic E-state index is -0.786. The molecule has 3 heterocycles. The Morgan fingerprint density at radius 2 is 1.80 bits per heavy atom. The van der Waals surface area contributed by atoms with Crippen molar-refractivity contribution in [2.24, 2.45) is 7.05 Å². The van der Waals surface area contributed by atoms with Crippen LogP contribution < -0.4 is 10.9 Å². The molecule has 2 aliphatic rings. The van der Waals surface area contributed by atoms with Crippen LogP contribution in [0.5, 0.6) is 0 Å². The Morgan fingerprint density at radius 1 is 0.975 bits per heavy atom. The number of hydrogen-bond acceptors (Lipinski definition) is 4. The molecule has 40 heavy (non-hydrogen) atoms. The summed E-state index contributed by atoms with van der Waals surface area (Å²) in [6.45, 7) is 1.93. The van der Waals surface area contributed by atoms with Gasteiger partial charge in [-0.1, -0.05) is 41.4 Å². The fourth-order valence-electron chi connectivity index (χ4n) is 6.00. The van der Waals surface area contributed by atoms with Gasteiger partial charge in [-0.25, -0.2) is 4.98 Å². The first-order valence-corrected chi connectivity index (χ1v) is 14.4. The lowest BCUT2D eigenvalue weighted by Crippen LogP contribution is -2.47. The van der Waals surface area contributed by atoms with E-state index in [4.69, 9.17) is 28.2 Å². The molecular weight excluding hydrogens is 541 g/mol. The van der Waals surface area contributed by atoms with Gasteiger partial charge in [-0.05, 0) is 85.7 Å². The van der Waals surface area contributed by atoms with Gasteiger partial charge in [0.25, 0.3) is 5.56 Å². The number of aryl methyl sites for hydroxylation is 1. The first kappa shape index (κ1) is 25.5. The van der Waals surface area contributed by atoms with Gasteiger partial charge in [-0.3, -0.25) is 15.1 Å². The van der Waals surface area contributed by atoms with Crippen LogP contribution in [0.4, 0.5) is 0 Å². The van der Waals surface area contributed by atoms with Crippen molar-refractivity contribution >= 4 is 34.1 Å². The molecule has 6 nitrogen and oxygen atoms in total. The minimum absolute atomic E-state index is 0.0612. The highest BCUT2D eigenvalue weighted by atomic mass is 35.5. The molecule has 0 radical (unpaired) electrons. The summed E-state index contributed by atoms with van der Waals surface area (Å²) in [5.74, 6) is 0. The molecular formula is C32H29Cl2N5O. The smallest absolute Gasteiger partial charge is 0.254 e. The van der Waals surface area contributed by atoms with Gasteiger partial charge in [-0.2, -0.15) is 0 Å². The fourth-order valence-corrected chi connectivity index (χ4v) is 6.30. The van der Waals surface area contributed by atoms with E-state index in [9.17, 15) is 4.79 Å². The third kappa shape index (κ3) is 4.17. The Kier molecular flexibility index (Phi) is 6.11. The molecule has 0 bridgehead atoms. The number of aromatic nitrogens is 4. The third-order valence-electron chi connectivity index (χ3n) is 8.21. The highest BCUT2D eigenvalue weighted by Crippen LogP contribution is 2.43. The second kappa shape index (κ2) is 9.58. The second-order valence-corrected chi connectivity index (χ2v) is 11.9. The normalized spacial score (nSPS) is 16.8. The predicted octanol–water partition coefficient (Wildman–Crippen LogP) is 6.79. The van der Waals surface area contributed by atoms with E-state index in [1.165, 1.54) is 0 Å². The molecule has 0 aliphatic heterocycles. The van der Waals surface area contributed by atoms with Gasteiger partial charge in [0.15, 0.2) is 0 Å². The molecule has 2 saturated carbocycles. The maximum Gasteiger partial charge on any atom is 0.254 e. The SMILES string of the molecule is Cc1c(-c2cccc(Cl)c2)c2cc(C(NC3CC3)(c3ccc(Cl)cn3)c3cncn3C)ccc2n(C2CC2)c1=O. The van der Waals surface area contributed by atoms with E-state index in [1.807, 2.05) is 72.0 Å². The number of hydrogen-bond donors (Lipinski definition) is 1. The Balaban J connectivity index is 1.58. The van der Waals surface area contributed by atoms with Gasteiger partial charge in [-0.15, -0.1) is 0 Å². The molecule has 0 saturated heterocycles. The zero-order valence-electron chi connectivity index (χ0n) is 22.4. The van der Waals surface area contributed by atoms with Gasteiger partial charge in [0.05, 0.1) is 34.5 Å². The van der Waals surface area contributed by atoms with E-state index in [-0.39, 0.29) is 11.6 Å². The lowest BCUT2D eigenvalue weighted by atomic mass is 9.81. The molecule has 1 atom stereocenters. The van der Waals surface area contributed by atoms with Crippen molar-refractivity contribution in [3.63, 3.8) is 0 Å². The topological polar surface area (TPSA) is 64.7 Å². The molecule has 3 aromatic heterocycles. The lowest BCUT2D eigenvalue weighted by molar-refractivity contribution is 0.434. The Hall–Kier alpha value is -3.45. The minimum Gasteiger partial charge on any atom is -0.335 e. The first-order valence-electron chi connectivity index (χ1n) is 13.7. The summed E-state index contributed by atoms with van der Waals surface area (Å²) in [5.41, 5.74) is 5.61. The third-order valence-corrected chi connectivity index (χ3v) is 8.67. The van der Waals surface area contributed by atoms with E-state index in [1.54, 1.807) is 6.20 Å². The number of rotatable bonds is 7. The van der Waals surface area contributed by atoms with Crippen molar-refractivity contribution in [3.05, 3.63) is 116 Å². The van der Waals surface area contributed by atoms with E-state index in [2.05, 4.69) is 28.5 Å². The van der Waals surface area contributed by atoms with Crippen LogP contribution in [0, 0.1) is 6.92 Å². The standard InChI is InChI=1S/C32H29Cl2N5O/c1-19-30(20-4-3-5-22(33)14-20)26-15-21(6-12-27(26)39(31(19)40)25-10-11-25)32(37-24-8-9-24,29-17-35-18-38(29)2)28-13-7-23(34)16-36-28/h3-7,12-18,24-25,37H,8-11H2,1-2H3. The average Bonchev–Trinajstić information content (AvgIpc) is 3.88. The predicted molar refractivity (Wildman–Crippen MR) is 160 cm³/mol. The number of benzene rings is 2. The maximum atomic E-state index is 13.7. The molecule has 0 amide bonds.